The van der Waals surface area contributed by atoms with E-state index in [-0.39, 0.29) is 23.4 Å². The van der Waals surface area contributed by atoms with Crippen molar-refractivity contribution in [1.82, 2.24) is 0 Å². The molecule has 1 rings (SSSR count). The molecule has 19 heavy (non-hydrogen) atoms. The van der Waals surface area contributed by atoms with Crippen molar-refractivity contribution in [2.24, 2.45) is 0 Å². The summed E-state index contributed by atoms with van der Waals surface area (Å²) in [5.74, 6) is -1.15. The monoisotopic (exact) mass is 265 g/mol. The van der Waals surface area contributed by atoms with Crippen LogP contribution in [0.3, 0.4) is 0 Å². The lowest BCUT2D eigenvalue weighted by molar-refractivity contribution is 0.0459. The van der Waals surface area contributed by atoms with E-state index in [2.05, 4.69) is 0 Å². The largest absolute Gasteiger partial charge is 0.462 e. The number of esters is 2. The second-order valence-electron chi connectivity index (χ2n) is 4.04. The highest BCUT2D eigenvalue weighted by atomic mass is 16.5. The molecule has 5 heteroatoms. The van der Waals surface area contributed by atoms with Crippen molar-refractivity contribution in [2.75, 3.05) is 18.9 Å². The van der Waals surface area contributed by atoms with Gasteiger partial charge >= 0.3 is 11.9 Å². The average Bonchev–Trinajstić information content (AvgIpc) is 2.41. The van der Waals surface area contributed by atoms with Crippen molar-refractivity contribution in [3.05, 3.63) is 29.3 Å². The Hall–Kier alpha value is -2.04. The van der Waals surface area contributed by atoms with Gasteiger partial charge in [0.2, 0.25) is 0 Å². The van der Waals surface area contributed by atoms with Gasteiger partial charge in [-0.1, -0.05) is 19.9 Å². The highest BCUT2D eigenvalue weighted by molar-refractivity contribution is 6.06. The van der Waals surface area contributed by atoms with Crippen molar-refractivity contribution in [3.8, 4) is 0 Å². The summed E-state index contributed by atoms with van der Waals surface area (Å²) in [7, 11) is 0. The number of hydrogen-bond donors (Lipinski definition) is 1. The second kappa shape index (κ2) is 7.41. The van der Waals surface area contributed by atoms with E-state index < -0.39 is 11.9 Å². The minimum Gasteiger partial charge on any atom is -0.462 e. The van der Waals surface area contributed by atoms with Gasteiger partial charge in [-0.25, -0.2) is 9.59 Å². The maximum atomic E-state index is 11.9. The summed E-state index contributed by atoms with van der Waals surface area (Å²) >= 11 is 0. The highest BCUT2D eigenvalue weighted by Crippen LogP contribution is 2.19. The third-order valence-corrected chi connectivity index (χ3v) is 2.40. The van der Waals surface area contributed by atoms with Crippen LogP contribution in [0.25, 0.3) is 0 Å². The quantitative estimate of drug-likeness (QED) is 0.631. The van der Waals surface area contributed by atoms with Crippen LogP contribution >= 0.6 is 0 Å². The number of carbonyl (C=O) groups excluding carboxylic acids is 2. The molecule has 1 aromatic rings. The second-order valence-corrected chi connectivity index (χ2v) is 4.04. The Bertz CT molecular complexity index is 457. The summed E-state index contributed by atoms with van der Waals surface area (Å²) < 4.78 is 10.1. The zero-order valence-corrected chi connectivity index (χ0v) is 11.3. The number of anilines is 1. The van der Waals surface area contributed by atoms with E-state index in [1.165, 1.54) is 6.07 Å². The minimum atomic E-state index is -0.594. The molecule has 0 bridgehead atoms. The third-order valence-electron chi connectivity index (χ3n) is 2.40. The molecule has 0 radical (unpaired) electrons. The molecular formula is C14H19NO4. The molecule has 5 nitrogen and oxygen atoms in total. The van der Waals surface area contributed by atoms with Crippen LogP contribution in [-0.2, 0) is 9.47 Å². The van der Waals surface area contributed by atoms with Crippen molar-refractivity contribution in [1.29, 1.82) is 0 Å². The van der Waals surface area contributed by atoms with Crippen LogP contribution in [0.4, 0.5) is 5.69 Å². The average molecular weight is 265 g/mol. The molecular weight excluding hydrogens is 246 g/mol. The van der Waals surface area contributed by atoms with Gasteiger partial charge in [0.25, 0.3) is 0 Å². The number of nitrogens with two attached hydrogens (primary N) is 1. The molecule has 2 N–H and O–H groups in total. The van der Waals surface area contributed by atoms with E-state index in [9.17, 15) is 9.59 Å². The highest BCUT2D eigenvalue weighted by Gasteiger charge is 2.21. The van der Waals surface area contributed by atoms with Gasteiger partial charge in [-0.3, -0.25) is 0 Å². The summed E-state index contributed by atoms with van der Waals surface area (Å²) in [6.07, 6.45) is 1.41. The van der Waals surface area contributed by atoms with Gasteiger partial charge in [-0.2, -0.15) is 0 Å². The molecule has 0 aromatic heterocycles. The first-order valence-electron chi connectivity index (χ1n) is 6.34. The van der Waals surface area contributed by atoms with Gasteiger partial charge in [-0.15, -0.1) is 0 Å². The SMILES string of the molecule is CCCOC(=O)c1cccc(N)c1C(=O)OCCC. The smallest absolute Gasteiger partial charge is 0.341 e. The van der Waals surface area contributed by atoms with Gasteiger partial charge in [-0.05, 0) is 25.0 Å². The topological polar surface area (TPSA) is 78.6 Å². The summed E-state index contributed by atoms with van der Waals surface area (Å²) in [6.45, 7) is 4.37. The first-order valence-corrected chi connectivity index (χ1v) is 6.34. The fraction of sp³-hybridized carbons (Fsp3) is 0.429. The molecule has 1 aromatic carbocycles. The summed E-state index contributed by atoms with van der Waals surface area (Å²) in [5, 5.41) is 0. The number of rotatable bonds is 6. The Labute approximate surface area is 112 Å². The molecule has 0 aliphatic heterocycles. The van der Waals surface area contributed by atoms with E-state index in [0.717, 1.165) is 0 Å². The van der Waals surface area contributed by atoms with Crippen LogP contribution in [0.15, 0.2) is 18.2 Å². The Morgan fingerprint density at radius 1 is 1.05 bits per heavy atom. The van der Waals surface area contributed by atoms with Gasteiger partial charge < -0.3 is 15.2 Å². The maximum Gasteiger partial charge on any atom is 0.341 e. The van der Waals surface area contributed by atoms with Crippen LogP contribution < -0.4 is 5.73 Å². The normalized spacial score (nSPS) is 10.0. The zero-order valence-electron chi connectivity index (χ0n) is 11.3. The molecule has 0 fully saturated rings. The molecule has 0 atom stereocenters. The van der Waals surface area contributed by atoms with Gasteiger partial charge in [0, 0.05) is 5.69 Å². The van der Waals surface area contributed by atoms with Gasteiger partial charge in [0.05, 0.1) is 24.3 Å². The molecule has 0 heterocycles. The van der Waals surface area contributed by atoms with E-state index in [0.29, 0.717) is 19.4 Å². The third kappa shape index (κ3) is 3.98. The van der Waals surface area contributed by atoms with Crippen molar-refractivity contribution in [3.63, 3.8) is 0 Å². The fourth-order valence-corrected chi connectivity index (χ4v) is 1.51. The van der Waals surface area contributed by atoms with Crippen molar-refractivity contribution in [2.45, 2.75) is 26.7 Å². The standard InChI is InChI=1S/C14H19NO4/c1-3-8-18-13(16)10-6-5-7-11(15)12(10)14(17)19-9-4-2/h5-7H,3-4,8-9,15H2,1-2H3. The van der Waals surface area contributed by atoms with Crippen LogP contribution in [0.2, 0.25) is 0 Å². The predicted octanol–water partition coefficient (Wildman–Crippen LogP) is 2.40. The molecule has 0 saturated carbocycles. The summed E-state index contributed by atoms with van der Waals surface area (Å²) in [6, 6.07) is 4.67. The molecule has 104 valence electrons. The maximum absolute atomic E-state index is 11.9. The number of ether oxygens (including phenoxy) is 2. The molecule has 0 aliphatic rings. The number of benzene rings is 1. The number of nitrogen functional groups attached to an aromatic ring is 1. The first-order chi connectivity index (χ1) is 9.11. The van der Waals surface area contributed by atoms with Crippen LogP contribution in [0, 0.1) is 0 Å². The summed E-state index contributed by atoms with van der Waals surface area (Å²) in [4.78, 5) is 23.8. The van der Waals surface area contributed by atoms with Gasteiger partial charge in [0.15, 0.2) is 0 Å². The zero-order chi connectivity index (χ0) is 14.3. The first kappa shape index (κ1) is 15.0. The van der Waals surface area contributed by atoms with E-state index >= 15 is 0 Å². The Morgan fingerprint density at radius 3 is 2.21 bits per heavy atom. The van der Waals surface area contributed by atoms with Crippen molar-refractivity contribution >= 4 is 17.6 Å². The van der Waals surface area contributed by atoms with Gasteiger partial charge in [0.1, 0.15) is 0 Å². The molecule has 0 spiro atoms. The fourth-order valence-electron chi connectivity index (χ4n) is 1.51. The lowest BCUT2D eigenvalue weighted by Gasteiger charge is -2.11. The Kier molecular flexibility index (Phi) is 5.85. The summed E-state index contributed by atoms with van der Waals surface area (Å²) in [5.41, 5.74) is 6.20. The van der Waals surface area contributed by atoms with E-state index in [1.54, 1.807) is 12.1 Å². The lowest BCUT2D eigenvalue weighted by atomic mass is 10.1. The van der Waals surface area contributed by atoms with Crippen LogP contribution in [0.1, 0.15) is 47.4 Å². The molecule has 0 unspecified atom stereocenters. The molecule has 0 aliphatic carbocycles. The van der Waals surface area contributed by atoms with Crippen molar-refractivity contribution < 1.29 is 19.1 Å². The lowest BCUT2D eigenvalue weighted by Crippen LogP contribution is -2.16. The van der Waals surface area contributed by atoms with E-state index in [1.807, 2.05) is 13.8 Å². The Morgan fingerprint density at radius 2 is 1.63 bits per heavy atom. The number of hydrogen-bond acceptors (Lipinski definition) is 5. The molecule has 0 saturated heterocycles. The van der Waals surface area contributed by atoms with Crippen LogP contribution in [0.5, 0.6) is 0 Å². The minimum absolute atomic E-state index is 0.0806. The molecule has 0 amide bonds. The predicted molar refractivity (Wildman–Crippen MR) is 72.0 cm³/mol. The Balaban J connectivity index is 3.01. The van der Waals surface area contributed by atoms with Crippen LogP contribution in [-0.4, -0.2) is 25.2 Å². The van der Waals surface area contributed by atoms with E-state index in [4.69, 9.17) is 15.2 Å². The number of carbonyl (C=O) groups is 2.